The minimum atomic E-state index is 0.137. The first-order valence-electron chi connectivity index (χ1n) is 4.47. The second-order valence-corrected chi connectivity index (χ2v) is 4.80. The molecule has 1 aromatic rings. The van der Waals surface area contributed by atoms with Gasteiger partial charge in [0.1, 0.15) is 5.76 Å². The fourth-order valence-corrected chi connectivity index (χ4v) is 2.97. The summed E-state index contributed by atoms with van der Waals surface area (Å²) in [4.78, 5) is 4.28. The molecule has 0 aromatic carbocycles. The monoisotopic (exact) mass is 198 g/mol. The van der Waals surface area contributed by atoms with Gasteiger partial charge in [-0.3, -0.25) is 0 Å². The minimum Gasteiger partial charge on any atom is -0.444 e. The highest BCUT2D eigenvalue weighted by Gasteiger charge is 2.35. The fraction of sp³-hybridized carbons (Fsp3) is 0.667. The average molecular weight is 198 g/mol. The molecule has 1 unspecified atom stereocenters. The van der Waals surface area contributed by atoms with E-state index in [1.54, 1.807) is 6.20 Å². The second-order valence-electron chi connectivity index (χ2n) is 3.70. The maximum atomic E-state index is 5.57. The van der Waals surface area contributed by atoms with Crippen LogP contribution in [0.25, 0.3) is 0 Å². The second kappa shape index (κ2) is 3.35. The molecule has 1 aliphatic heterocycles. The van der Waals surface area contributed by atoms with Crippen molar-refractivity contribution in [1.82, 2.24) is 4.98 Å². The molecule has 72 valence electrons. The lowest BCUT2D eigenvalue weighted by Gasteiger charge is -2.17. The third-order valence-corrected chi connectivity index (χ3v) is 3.82. The van der Waals surface area contributed by atoms with Gasteiger partial charge in [0.05, 0.1) is 18.2 Å². The van der Waals surface area contributed by atoms with E-state index in [1.165, 1.54) is 5.75 Å². The standard InChI is InChI=1S/C9H14N2OS/c1-9(2-3-13-6-9)8-11-5-7(4-10)12-8/h5H,2-4,6,10H2,1H3. The summed E-state index contributed by atoms with van der Waals surface area (Å²) in [6, 6.07) is 0. The van der Waals surface area contributed by atoms with Crippen molar-refractivity contribution >= 4 is 11.8 Å². The molecule has 0 amide bonds. The first kappa shape index (κ1) is 9.09. The van der Waals surface area contributed by atoms with E-state index < -0.39 is 0 Å². The Hall–Kier alpha value is -0.480. The molecule has 1 aromatic heterocycles. The number of hydrogen-bond donors (Lipinski definition) is 1. The molecule has 1 fully saturated rings. The Morgan fingerprint density at radius 2 is 2.62 bits per heavy atom. The molecular weight excluding hydrogens is 184 g/mol. The molecule has 2 heterocycles. The van der Waals surface area contributed by atoms with Gasteiger partial charge in [-0.25, -0.2) is 4.98 Å². The molecule has 0 spiro atoms. The van der Waals surface area contributed by atoms with Gasteiger partial charge in [-0.05, 0) is 12.2 Å². The van der Waals surface area contributed by atoms with E-state index in [2.05, 4.69) is 11.9 Å². The topological polar surface area (TPSA) is 52.0 Å². The van der Waals surface area contributed by atoms with Crippen molar-refractivity contribution in [2.75, 3.05) is 11.5 Å². The van der Waals surface area contributed by atoms with E-state index in [1.807, 2.05) is 11.8 Å². The van der Waals surface area contributed by atoms with Crippen molar-refractivity contribution in [2.24, 2.45) is 5.73 Å². The summed E-state index contributed by atoms with van der Waals surface area (Å²) in [7, 11) is 0. The molecule has 0 aliphatic carbocycles. The van der Waals surface area contributed by atoms with Crippen LogP contribution in [-0.4, -0.2) is 16.5 Å². The van der Waals surface area contributed by atoms with Crippen LogP contribution in [0.1, 0.15) is 25.0 Å². The predicted octanol–water partition coefficient (Wildman–Crippen LogP) is 1.53. The summed E-state index contributed by atoms with van der Waals surface area (Å²) in [5, 5.41) is 0. The predicted molar refractivity (Wildman–Crippen MR) is 53.7 cm³/mol. The van der Waals surface area contributed by atoms with Crippen molar-refractivity contribution in [1.29, 1.82) is 0 Å². The molecule has 1 saturated heterocycles. The molecule has 2 rings (SSSR count). The number of aromatic nitrogens is 1. The quantitative estimate of drug-likeness (QED) is 0.783. The molecule has 4 heteroatoms. The number of nitrogens with zero attached hydrogens (tertiary/aromatic N) is 1. The first-order valence-corrected chi connectivity index (χ1v) is 5.63. The Labute approximate surface area is 82.1 Å². The highest BCUT2D eigenvalue weighted by Crippen LogP contribution is 2.37. The molecule has 3 nitrogen and oxygen atoms in total. The van der Waals surface area contributed by atoms with Gasteiger partial charge in [-0.2, -0.15) is 11.8 Å². The van der Waals surface area contributed by atoms with Crippen molar-refractivity contribution in [2.45, 2.75) is 25.3 Å². The van der Waals surface area contributed by atoms with Crippen LogP contribution in [-0.2, 0) is 12.0 Å². The highest BCUT2D eigenvalue weighted by molar-refractivity contribution is 7.99. The zero-order chi connectivity index (χ0) is 9.31. The van der Waals surface area contributed by atoms with Crippen LogP contribution in [0.4, 0.5) is 0 Å². The van der Waals surface area contributed by atoms with E-state index in [0.717, 1.165) is 23.8 Å². The Morgan fingerprint density at radius 3 is 3.15 bits per heavy atom. The van der Waals surface area contributed by atoms with Crippen LogP contribution < -0.4 is 5.73 Å². The summed E-state index contributed by atoms with van der Waals surface area (Å²) in [5.74, 6) is 3.96. The third kappa shape index (κ3) is 1.60. The zero-order valence-electron chi connectivity index (χ0n) is 7.75. The average Bonchev–Trinajstić information content (AvgIpc) is 2.72. The number of rotatable bonds is 2. The molecule has 1 atom stereocenters. The van der Waals surface area contributed by atoms with Gasteiger partial charge in [-0.15, -0.1) is 0 Å². The van der Waals surface area contributed by atoms with Gasteiger partial charge in [-0.1, -0.05) is 6.92 Å². The number of oxazole rings is 1. The van der Waals surface area contributed by atoms with E-state index in [0.29, 0.717) is 6.54 Å². The normalized spacial score (nSPS) is 28.2. The molecule has 0 bridgehead atoms. The Kier molecular flexibility index (Phi) is 2.34. The molecular formula is C9H14N2OS. The molecule has 0 radical (unpaired) electrons. The summed E-state index contributed by atoms with van der Waals surface area (Å²) < 4.78 is 5.57. The number of hydrogen-bond acceptors (Lipinski definition) is 4. The summed E-state index contributed by atoms with van der Waals surface area (Å²) in [6.07, 6.45) is 2.89. The zero-order valence-corrected chi connectivity index (χ0v) is 8.56. The van der Waals surface area contributed by atoms with Gasteiger partial charge >= 0.3 is 0 Å². The van der Waals surface area contributed by atoms with Crippen molar-refractivity contribution < 1.29 is 4.42 Å². The van der Waals surface area contributed by atoms with Gasteiger partial charge in [0.2, 0.25) is 5.89 Å². The lowest BCUT2D eigenvalue weighted by atomic mass is 9.90. The van der Waals surface area contributed by atoms with Crippen LogP contribution in [0.5, 0.6) is 0 Å². The van der Waals surface area contributed by atoms with Crippen LogP contribution in [0.3, 0.4) is 0 Å². The van der Waals surface area contributed by atoms with E-state index in [4.69, 9.17) is 10.2 Å². The molecule has 2 N–H and O–H groups in total. The van der Waals surface area contributed by atoms with Crippen LogP contribution in [0, 0.1) is 0 Å². The molecule has 0 saturated carbocycles. The Bertz CT molecular complexity index is 292. The fourth-order valence-electron chi connectivity index (χ4n) is 1.52. The maximum absolute atomic E-state index is 5.57. The van der Waals surface area contributed by atoms with Gasteiger partial charge in [0, 0.05) is 5.75 Å². The third-order valence-electron chi connectivity index (χ3n) is 2.49. The summed E-state index contributed by atoms with van der Waals surface area (Å²) in [6.45, 7) is 2.65. The molecule has 13 heavy (non-hydrogen) atoms. The Balaban J connectivity index is 2.23. The lowest BCUT2D eigenvalue weighted by Crippen LogP contribution is -2.21. The van der Waals surface area contributed by atoms with Crippen molar-refractivity contribution in [3.63, 3.8) is 0 Å². The lowest BCUT2D eigenvalue weighted by molar-refractivity contribution is 0.359. The highest BCUT2D eigenvalue weighted by atomic mass is 32.2. The van der Waals surface area contributed by atoms with Crippen molar-refractivity contribution in [3.8, 4) is 0 Å². The van der Waals surface area contributed by atoms with Gasteiger partial charge < -0.3 is 10.2 Å². The Morgan fingerprint density at radius 1 is 1.77 bits per heavy atom. The van der Waals surface area contributed by atoms with Crippen molar-refractivity contribution in [3.05, 3.63) is 17.8 Å². The van der Waals surface area contributed by atoms with Crippen LogP contribution in [0.15, 0.2) is 10.6 Å². The SMILES string of the molecule is CC1(c2ncc(CN)o2)CCSC1. The summed E-state index contributed by atoms with van der Waals surface area (Å²) in [5.41, 5.74) is 5.60. The minimum absolute atomic E-state index is 0.137. The maximum Gasteiger partial charge on any atom is 0.201 e. The van der Waals surface area contributed by atoms with Crippen LogP contribution in [0.2, 0.25) is 0 Å². The number of thioether (sulfide) groups is 1. The van der Waals surface area contributed by atoms with E-state index in [-0.39, 0.29) is 5.41 Å². The van der Waals surface area contributed by atoms with E-state index >= 15 is 0 Å². The van der Waals surface area contributed by atoms with Gasteiger partial charge in [0.15, 0.2) is 0 Å². The number of nitrogens with two attached hydrogens (primary N) is 1. The smallest absolute Gasteiger partial charge is 0.201 e. The van der Waals surface area contributed by atoms with Crippen LogP contribution >= 0.6 is 11.8 Å². The van der Waals surface area contributed by atoms with Gasteiger partial charge in [0.25, 0.3) is 0 Å². The summed E-state index contributed by atoms with van der Waals surface area (Å²) >= 11 is 1.96. The first-order chi connectivity index (χ1) is 6.24. The molecule has 1 aliphatic rings. The largest absolute Gasteiger partial charge is 0.444 e. The van der Waals surface area contributed by atoms with E-state index in [9.17, 15) is 0 Å².